The molecule has 7 nitrogen and oxygen atoms in total. The van der Waals surface area contributed by atoms with Crippen molar-refractivity contribution in [1.82, 2.24) is 19.9 Å². The van der Waals surface area contributed by atoms with Crippen LogP contribution in [0.15, 0.2) is 23.0 Å². The highest BCUT2D eigenvalue weighted by atomic mass is 16.5. The first-order valence-electron chi connectivity index (χ1n) is 11.3. The summed E-state index contributed by atoms with van der Waals surface area (Å²) in [5, 5.41) is 1.20. The van der Waals surface area contributed by atoms with Crippen molar-refractivity contribution in [2.24, 2.45) is 5.92 Å². The highest BCUT2D eigenvalue weighted by Gasteiger charge is 2.25. The Kier molecular flexibility index (Phi) is 5.22. The van der Waals surface area contributed by atoms with Crippen LogP contribution < -0.4 is 15.2 Å². The van der Waals surface area contributed by atoms with Crippen LogP contribution in [0.2, 0.25) is 0 Å². The Morgan fingerprint density at radius 1 is 1.26 bits per heavy atom. The van der Waals surface area contributed by atoms with Crippen molar-refractivity contribution in [1.29, 1.82) is 0 Å². The van der Waals surface area contributed by atoms with E-state index in [2.05, 4.69) is 45.7 Å². The molecule has 0 saturated carbocycles. The van der Waals surface area contributed by atoms with E-state index in [-0.39, 0.29) is 5.56 Å². The van der Waals surface area contributed by atoms with Crippen LogP contribution in [-0.2, 0) is 19.5 Å². The molecular weight excluding hydrogens is 390 g/mol. The van der Waals surface area contributed by atoms with Gasteiger partial charge in [-0.3, -0.25) is 14.7 Å². The van der Waals surface area contributed by atoms with E-state index in [0.717, 1.165) is 67.5 Å². The number of rotatable bonds is 4. The van der Waals surface area contributed by atoms with Gasteiger partial charge in [0.1, 0.15) is 5.75 Å². The van der Waals surface area contributed by atoms with Crippen LogP contribution in [0, 0.1) is 12.8 Å². The summed E-state index contributed by atoms with van der Waals surface area (Å²) in [7, 11) is 1.70. The van der Waals surface area contributed by atoms with Gasteiger partial charge in [0.25, 0.3) is 5.56 Å². The van der Waals surface area contributed by atoms with Gasteiger partial charge in [-0.15, -0.1) is 0 Å². The minimum atomic E-state index is 0.0340. The van der Waals surface area contributed by atoms with Gasteiger partial charge >= 0.3 is 0 Å². The van der Waals surface area contributed by atoms with Crippen molar-refractivity contribution in [2.75, 3.05) is 31.6 Å². The standard InChI is InChI=1S/C24H31N5O2/c1-15-5-4-9-29(12-15)24-26-22-14-28(10-8-18(22)23(30)27-24)13-21-16(2)19-11-17(31-3)6-7-20(19)25-21/h6-7,11,15,25H,4-5,8-10,12-14H2,1-3H3,(H,26,27,30). The molecule has 0 amide bonds. The van der Waals surface area contributed by atoms with Crippen LogP contribution in [0.3, 0.4) is 0 Å². The molecule has 1 unspecified atom stereocenters. The van der Waals surface area contributed by atoms with Gasteiger partial charge < -0.3 is 14.6 Å². The van der Waals surface area contributed by atoms with Crippen LogP contribution in [-0.4, -0.2) is 46.6 Å². The fourth-order valence-corrected chi connectivity index (χ4v) is 5.02. The Labute approximate surface area is 182 Å². The van der Waals surface area contributed by atoms with Gasteiger partial charge in [-0.2, -0.15) is 0 Å². The van der Waals surface area contributed by atoms with Gasteiger partial charge in [-0.05, 0) is 55.9 Å². The number of aromatic amines is 2. The number of fused-ring (bicyclic) bond motifs is 2. The molecule has 0 radical (unpaired) electrons. The smallest absolute Gasteiger partial charge is 0.255 e. The van der Waals surface area contributed by atoms with E-state index in [1.54, 1.807) is 7.11 Å². The maximum Gasteiger partial charge on any atom is 0.255 e. The number of methoxy groups -OCH3 is 1. The first kappa shape index (κ1) is 20.1. The topological polar surface area (TPSA) is 77.2 Å². The fraction of sp³-hybridized carbons (Fsp3) is 0.500. The van der Waals surface area contributed by atoms with Crippen LogP contribution in [0.5, 0.6) is 5.75 Å². The van der Waals surface area contributed by atoms with Crippen LogP contribution in [0.1, 0.15) is 42.3 Å². The summed E-state index contributed by atoms with van der Waals surface area (Å²) in [6.07, 6.45) is 3.13. The molecule has 0 bridgehead atoms. The molecule has 2 aliphatic heterocycles. The predicted octanol–water partition coefficient (Wildman–Crippen LogP) is 3.36. The summed E-state index contributed by atoms with van der Waals surface area (Å²) < 4.78 is 5.39. The number of nitrogens with one attached hydrogen (secondary N) is 2. The Bertz CT molecular complexity index is 1160. The monoisotopic (exact) mass is 421 g/mol. The van der Waals surface area contributed by atoms with Gasteiger partial charge in [-0.25, -0.2) is 4.98 Å². The molecule has 0 spiro atoms. The van der Waals surface area contributed by atoms with Gasteiger partial charge in [0, 0.05) is 54.9 Å². The number of piperidine rings is 1. The first-order chi connectivity index (χ1) is 15.0. The lowest BCUT2D eigenvalue weighted by Crippen LogP contribution is -2.39. The van der Waals surface area contributed by atoms with E-state index >= 15 is 0 Å². The van der Waals surface area contributed by atoms with E-state index in [1.165, 1.54) is 23.1 Å². The summed E-state index contributed by atoms with van der Waals surface area (Å²) in [5.41, 5.74) is 5.40. The Balaban J connectivity index is 1.38. The summed E-state index contributed by atoms with van der Waals surface area (Å²) in [4.78, 5) is 28.9. The predicted molar refractivity (Wildman–Crippen MR) is 123 cm³/mol. The molecule has 7 heteroatoms. The van der Waals surface area contributed by atoms with Crippen LogP contribution in [0.4, 0.5) is 5.95 Å². The summed E-state index contributed by atoms with van der Waals surface area (Å²) in [6, 6.07) is 6.14. The third-order valence-corrected chi connectivity index (χ3v) is 6.85. The third-order valence-electron chi connectivity index (χ3n) is 6.85. The fourth-order valence-electron chi connectivity index (χ4n) is 5.02. The average Bonchev–Trinajstić information content (AvgIpc) is 3.08. The largest absolute Gasteiger partial charge is 0.497 e. The average molecular weight is 422 g/mol. The van der Waals surface area contributed by atoms with Gasteiger partial charge in [0.05, 0.1) is 12.8 Å². The number of aryl methyl sites for hydroxylation is 1. The molecule has 1 fully saturated rings. The van der Waals surface area contributed by atoms with Crippen LogP contribution >= 0.6 is 0 Å². The van der Waals surface area contributed by atoms with Gasteiger partial charge in [0.2, 0.25) is 5.95 Å². The first-order valence-corrected chi connectivity index (χ1v) is 11.3. The van der Waals surface area contributed by atoms with Gasteiger partial charge in [0.15, 0.2) is 0 Å². The van der Waals surface area contributed by atoms with Crippen LogP contribution in [0.25, 0.3) is 10.9 Å². The summed E-state index contributed by atoms with van der Waals surface area (Å²) >= 11 is 0. The second-order valence-electron chi connectivity index (χ2n) is 9.11. The number of ether oxygens (including phenoxy) is 1. The maximum atomic E-state index is 12.7. The van der Waals surface area contributed by atoms with E-state index in [4.69, 9.17) is 9.72 Å². The Hall–Kier alpha value is -2.80. The lowest BCUT2D eigenvalue weighted by molar-refractivity contribution is 0.237. The molecule has 1 aromatic carbocycles. The summed E-state index contributed by atoms with van der Waals surface area (Å²) in [5.74, 6) is 2.25. The molecule has 1 saturated heterocycles. The maximum absolute atomic E-state index is 12.7. The number of hydrogen-bond donors (Lipinski definition) is 2. The molecule has 3 aromatic rings. The van der Waals surface area contributed by atoms with E-state index < -0.39 is 0 Å². The molecule has 2 aromatic heterocycles. The third kappa shape index (κ3) is 3.82. The molecule has 5 rings (SSSR count). The van der Waals surface area contributed by atoms with Crippen molar-refractivity contribution in [3.63, 3.8) is 0 Å². The van der Waals surface area contributed by atoms with E-state index in [0.29, 0.717) is 12.5 Å². The normalized spacial score (nSPS) is 19.6. The molecule has 0 aliphatic carbocycles. The zero-order valence-electron chi connectivity index (χ0n) is 18.6. The zero-order chi connectivity index (χ0) is 21.5. The van der Waals surface area contributed by atoms with Crippen molar-refractivity contribution >= 4 is 16.9 Å². The summed E-state index contributed by atoms with van der Waals surface area (Å²) in [6.45, 7) is 8.72. The lowest BCUT2D eigenvalue weighted by atomic mass is 10.0. The number of anilines is 1. The lowest BCUT2D eigenvalue weighted by Gasteiger charge is -2.33. The SMILES string of the molecule is COc1ccc2[nH]c(CN3CCc4c(nc(N5CCCC(C)C5)[nH]c4=O)C3)c(C)c2c1. The number of nitrogens with zero attached hydrogens (tertiary/aromatic N) is 3. The number of benzene rings is 1. The molecule has 2 aliphatic rings. The second kappa shape index (κ2) is 8.04. The van der Waals surface area contributed by atoms with Crippen molar-refractivity contribution in [3.05, 3.63) is 51.1 Å². The zero-order valence-corrected chi connectivity index (χ0v) is 18.6. The van der Waals surface area contributed by atoms with Crippen molar-refractivity contribution in [3.8, 4) is 5.75 Å². The highest BCUT2D eigenvalue weighted by Crippen LogP contribution is 2.28. The highest BCUT2D eigenvalue weighted by molar-refractivity contribution is 5.85. The quantitative estimate of drug-likeness (QED) is 0.676. The minimum absolute atomic E-state index is 0.0340. The van der Waals surface area contributed by atoms with Crippen molar-refractivity contribution in [2.45, 2.75) is 46.2 Å². The molecule has 31 heavy (non-hydrogen) atoms. The molecule has 4 heterocycles. The number of H-pyrrole nitrogens is 2. The number of aromatic nitrogens is 3. The second-order valence-corrected chi connectivity index (χ2v) is 9.11. The van der Waals surface area contributed by atoms with Crippen molar-refractivity contribution < 1.29 is 4.74 Å². The molecule has 164 valence electrons. The van der Waals surface area contributed by atoms with E-state index in [1.807, 2.05) is 6.07 Å². The van der Waals surface area contributed by atoms with Gasteiger partial charge in [-0.1, -0.05) is 6.92 Å². The van der Waals surface area contributed by atoms with E-state index in [9.17, 15) is 4.79 Å². The molecule has 1 atom stereocenters. The minimum Gasteiger partial charge on any atom is -0.497 e. The Morgan fingerprint density at radius 3 is 2.94 bits per heavy atom. The molecule has 2 N–H and O–H groups in total. The molecular formula is C24H31N5O2. The Morgan fingerprint density at radius 2 is 2.13 bits per heavy atom. The number of hydrogen-bond acceptors (Lipinski definition) is 5.